The fourth-order valence-electron chi connectivity index (χ4n) is 3.80. The highest BCUT2D eigenvalue weighted by Crippen LogP contribution is 2.38. The molecular formula is C15H23N5O3. The summed E-state index contributed by atoms with van der Waals surface area (Å²) in [5.41, 5.74) is -0.327. The number of nitrogens with one attached hydrogen (secondary N) is 2. The second kappa shape index (κ2) is 6.09. The number of carbonyl (C=O) groups excluding carboxylic acids is 1. The Morgan fingerprint density at radius 1 is 1.30 bits per heavy atom. The topological polar surface area (TPSA) is 94.3 Å². The van der Waals surface area contributed by atoms with Crippen molar-refractivity contribution < 1.29 is 9.53 Å². The van der Waals surface area contributed by atoms with Gasteiger partial charge in [0.05, 0.1) is 19.3 Å². The van der Waals surface area contributed by atoms with Gasteiger partial charge in [-0.25, -0.2) is 9.89 Å². The van der Waals surface area contributed by atoms with Crippen LogP contribution in [0.15, 0.2) is 4.79 Å². The number of piperazine rings is 1. The van der Waals surface area contributed by atoms with Crippen molar-refractivity contribution in [1.29, 1.82) is 0 Å². The zero-order valence-electron chi connectivity index (χ0n) is 13.2. The normalized spacial score (nSPS) is 28.6. The maximum Gasteiger partial charge on any atom is 0.340 e. The molecule has 3 heterocycles. The molecule has 0 spiro atoms. The fraction of sp³-hybridized carbons (Fsp3) is 0.800. The zero-order chi connectivity index (χ0) is 15.8. The molecule has 0 unspecified atom stereocenters. The van der Waals surface area contributed by atoms with Crippen molar-refractivity contribution in [3.05, 3.63) is 16.3 Å². The Hall–Kier alpha value is -1.67. The first-order chi connectivity index (χ1) is 11.2. The Bertz CT molecular complexity index is 623. The van der Waals surface area contributed by atoms with Crippen molar-refractivity contribution >= 4 is 5.91 Å². The lowest BCUT2D eigenvalue weighted by atomic mass is 10.0. The molecule has 2 aliphatic heterocycles. The third-order valence-corrected chi connectivity index (χ3v) is 5.20. The predicted molar refractivity (Wildman–Crippen MR) is 81.9 cm³/mol. The number of ether oxygens (including phenoxy) is 1. The van der Waals surface area contributed by atoms with Gasteiger partial charge in [0, 0.05) is 38.5 Å². The van der Waals surface area contributed by atoms with Gasteiger partial charge >= 0.3 is 5.69 Å². The quantitative estimate of drug-likeness (QED) is 0.769. The molecule has 1 amide bonds. The number of hydrogen-bond acceptors (Lipinski definition) is 5. The minimum absolute atomic E-state index is 0.127. The Labute approximate surface area is 134 Å². The standard InChI is InChI=1S/C15H23N5O3/c21-14(4-3-13-16-15(22)18-17-13)19-5-6-20-11(7-19)8-23-9-12(20)10-1-2-10/h10-12H,1-9H2,(H2,16,17,18,22)/t11-,12-/m1/s1. The van der Waals surface area contributed by atoms with Crippen LogP contribution in [0.5, 0.6) is 0 Å². The van der Waals surface area contributed by atoms with Crippen LogP contribution in [0.1, 0.15) is 25.1 Å². The summed E-state index contributed by atoms with van der Waals surface area (Å²) >= 11 is 0. The highest BCUT2D eigenvalue weighted by atomic mass is 16.5. The average Bonchev–Trinajstić information content (AvgIpc) is 3.33. The molecule has 3 fully saturated rings. The van der Waals surface area contributed by atoms with Crippen molar-refractivity contribution in [2.24, 2.45) is 5.92 Å². The molecular weight excluding hydrogens is 298 g/mol. The van der Waals surface area contributed by atoms with E-state index < -0.39 is 0 Å². The summed E-state index contributed by atoms with van der Waals surface area (Å²) in [6, 6.07) is 0.886. The highest BCUT2D eigenvalue weighted by molar-refractivity contribution is 5.76. The number of nitrogens with zero attached hydrogens (tertiary/aromatic N) is 3. The van der Waals surface area contributed by atoms with Gasteiger partial charge in [-0.2, -0.15) is 5.10 Å². The second-order valence-corrected chi connectivity index (χ2v) is 6.80. The summed E-state index contributed by atoms with van der Waals surface area (Å²) in [6.45, 7) is 4.05. The van der Waals surface area contributed by atoms with Crippen LogP contribution in [0.2, 0.25) is 0 Å². The van der Waals surface area contributed by atoms with E-state index in [2.05, 4.69) is 20.1 Å². The number of hydrogen-bond donors (Lipinski definition) is 2. The molecule has 0 radical (unpaired) electrons. The second-order valence-electron chi connectivity index (χ2n) is 6.80. The predicted octanol–water partition coefficient (Wildman–Crippen LogP) is -0.648. The van der Waals surface area contributed by atoms with E-state index in [1.54, 1.807) is 0 Å². The Kier molecular flexibility index (Phi) is 3.94. The van der Waals surface area contributed by atoms with Gasteiger partial charge < -0.3 is 9.64 Å². The monoisotopic (exact) mass is 321 g/mol. The molecule has 23 heavy (non-hydrogen) atoms. The minimum Gasteiger partial charge on any atom is -0.378 e. The average molecular weight is 321 g/mol. The van der Waals surface area contributed by atoms with Crippen LogP contribution in [0.4, 0.5) is 0 Å². The molecule has 2 atom stereocenters. The molecule has 0 bridgehead atoms. The van der Waals surface area contributed by atoms with Gasteiger partial charge in [-0.1, -0.05) is 0 Å². The lowest BCUT2D eigenvalue weighted by Crippen LogP contribution is -2.63. The van der Waals surface area contributed by atoms with Crippen LogP contribution >= 0.6 is 0 Å². The summed E-state index contributed by atoms with van der Waals surface area (Å²) < 4.78 is 5.78. The first kappa shape index (κ1) is 14.9. The van der Waals surface area contributed by atoms with Gasteiger partial charge in [-0.15, -0.1) is 0 Å². The van der Waals surface area contributed by atoms with Gasteiger partial charge in [0.1, 0.15) is 5.82 Å². The minimum atomic E-state index is -0.327. The van der Waals surface area contributed by atoms with E-state index in [1.807, 2.05) is 4.90 Å². The molecule has 3 aliphatic rings. The first-order valence-corrected chi connectivity index (χ1v) is 8.45. The maximum absolute atomic E-state index is 12.4. The number of aromatic amines is 2. The molecule has 8 heteroatoms. The molecule has 8 nitrogen and oxygen atoms in total. The summed E-state index contributed by atoms with van der Waals surface area (Å²) in [5.74, 6) is 1.47. The van der Waals surface area contributed by atoms with Crippen molar-refractivity contribution in [2.75, 3.05) is 32.8 Å². The van der Waals surface area contributed by atoms with E-state index in [0.717, 1.165) is 38.8 Å². The van der Waals surface area contributed by atoms with Crippen molar-refractivity contribution in [1.82, 2.24) is 25.0 Å². The van der Waals surface area contributed by atoms with Crippen molar-refractivity contribution in [2.45, 2.75) is 37.8 Å². The van der Waals surface area contributed by atoms with Crippen LogP contribution in [0.25, 0.3) is 0 Å². The maximum atomic E-state index is 12.4. The van der Waals surface area contributed by atoms with Gasteiger partial charge in [0.15, 0.2) is 0 Å². The van der Waals surface area contributed by atoms with Crippen molar-refractivity contribution in [3.8, 4) is 0 Å². The van der Waals surface area contributed by atoms with E-state index in [-0.39, 0.29) is 11.6 Å². The molecule has 1 aromatic rings. The third-order valence-electron chi connectivity index (χ3n) is 5.20. The summed E-state index contributed by atoms with van der Waals surface area (Å²) in [7, 11) is 0. The van der Waals surface area contributed by atoms with E-state index >= 15 is 0 Å². The van der Waals surface area contributed by atoms with E-state index in [1.165, 1.54) is 12.8 Å². The molecule has 4 rings (SSSR count). The number of amides is 1. The van der Waals surface area contributed by atoms with Crippen LogP contribution in [0, 0.1) is 5.92 Å². The molecule has 1 aliphatic carbocycles. The van der Waals surface area contributed by atoms with Gasteiger partial charge in [0.25, 0.3) is 0 Å². The van der Waals surface area contributed by atoms with E-state index in [0.29, 0.717) is 30.7 Å². The van der Waals surface area contributed by atoms with E-state index in [4.69, 9.17) is 4.74 Å². The summed E-state index contributed by atoms with van der Waals surface area (Å²) in [5, 5.41) is 6.16. The van der Waals surface area contributed by atoms with E-state index in [9.17, 15) is 9.59 Å². The van der Waals surface area contributed by atoms with Gasteiger partial charge in [-0.3, -0.25) is 14.7 Å². The molecule has 126 valence electrons. The van der Waals surface area contributed by atoms with Gasteiger partial charge in [-0.05, 0) is 18.8 Å². The molecule has 0 aromatic carbocycles. The number of rotatable bonds is 4. The lowest BCUT2D eigenvalue weighted by Gasteiger charge is -2.48. The van der Waals surface area contributed by atoms with Crippen LogP contribution in [-0.2, 0) is 16.0 Å². The van der Waals surface area contributed by atoms with Crippen LogP contribution in [0.3, 0.4) is 0 Å². The first-order valence-electron chi connectivity index (χ1n) is 8.45. The number of fused-ring (bicyclic) bond motifs is 1. The number of aromatic nitrogens is 3. The largest absolute Gasteiger partial charge is 0.378 e. The highest BCUT2D eigenvalue weighted by Gasteiger charge is 2.43. The zero-order valence-corrected chi connectivity index (χ0v) is 13.2. The molecule has 2 saturated heterocycles. The number of H-pyrrole nitrogens is 2. The number of aryl methyl sites for hydroxylation is 1. The van der Waals surface area contributed by atoms with Crippen LogP contribution in [-0.4, -0.2) is 75.8 Å². The smallest absolute Gasteiger partial charge is 0.340 e. The molecule has 1 aromatic heterocycles. The van der Waals surface area contributed by atoms with Crippen molar-refractivity contribution in [3.63, 3.8) is 0 Å². The molecule has 1 saturated carbocycles. The fourth-order valence-corrected chi connectivity index (χ4v) is 3.80. The van der Waals surface area contributed by atoms with Gasteiger partial charge in [0.2, 0.25) is 5.91 Å². The SMILES string of the molecule is O=C(CCc1n[nH]c(=O)[nH]1)N1CCN2[C@@H](COC[C@@H]2C2CC2)C1. The third kappa shape index (κ3) is 3.18. The summed E-state index contributed by atoms with van der Waals surface area (Å²) in [6.07, 6.45) is 3.48. The Balaban J connectivity index is 1.32. The Morgan fingerprint density at radius 3 is 2.91 bits per heavy atom. The molecule has 2 N–H and O–H groups in total. The lowest BCUT2D eigenvalue weighted by molar-refractivity contribution is -0.140. The number of morpholine rings is 1. The van der Waals surface area contributed by atoms with Crippen LogP contribution < -0.4 is 5.69 Å². The Morgan fingerprint density at radius 2 is 2.17 bits per heavy atom. The number of carbonyl (C=O) groups is 1. The summed E-state index contributed by atoms with van der Waals surface area (Å²) in [4.78, 5) is 30.5.